The zero-order chi connectivity index (χ0) is 12.4. The fourth-order valence-corrected chi connectivity index (χ4v) is 1.32. The highest BCUT2D eigenvalue weighted by Crippen LogP contribution is 1.93. The molecule has 0 aromatic carbocycles. The number of likely N-dealkylation sites (N-methyl/N-ethyl adjacent to an activating group) is 1. The number of unbranched alkanes of at least 4 members (excludes halogenated alkanes) is 2. The third-order valence-electron chi connectivity index (χ3n) is 2.30. The Morgan fingerprint density at radius 1 is 1.25 bits per heavy atom. The molecule has 5 nitrogen and oxygen atoms in total. The normalized spacial score (nSPS) is 9.94. The molecule has 0 fully saturated rings. The topological polar surface area (TPSA) is 69.6 Å². The van der Waals surface area contributed by atoms with Gasteiger partial charge in [-0.2, -0.15) is 0 Å². The molecule has 5 heteroatoms. The van der Waals surface area contributed by atoms with Crippen molar-refractivity contribution in [3.05, 3.63) is 0 Å². The smallest absolute Gasteiger partial charge is 0.311 e. The fraction of sp³-hybridized carbons (Fsp3) is 0.818. The van der Waals surface area contributed by atoms with Gasteiger partial charge >= 0.3 is 11.8 Å². The molecule has 0 aliphatic rings. The Hall–Kier alpha value is -1.10. The lowest BCUT2D eigenvalue weighted by Gasteiger charge is -2.18. The molecule has 0 bridgehead atoms. The van der Waals surface area contributed by atoms with Gasteiger partial charge in [-0.25, -0.2) is 0 Å². The Morgan fingerprint density at radius 2 is 1.94 bits per heavy atom. The van der Waals surface area contributed by atoms with E-state index in [0.717, 1.165) is 19.3 Å². The minimum Gasteiger partial charge on any atom is -0.395 e. The molecular weight excluding hydrogens is 208 g/mol. The maximum Gasteiger partial charge on any atom is 0.311 e. The van der Waals surface area contributed by atoms with Crippen LogP contribution in [0.3, 0.4) is 0 Å². The van der Waals surface area contributed by atoms with Gasteiger partial charge in [-0.05, 0) is 13.3 Å². The van der Waals surface area contributed by atoms with Crippen molar-refractivity contribution in [3.63, 3.8) is 0 Å². The monoisotopic (exact) mass is 230 g/mol. The Balaban J connectivity index is 3.91. The minimum atomic E-state index is -0.577. The van der Waals surface area contributed by atoms with Crippen molar-refractivity contribution in [1.82, 2.24) is 10.2 Å². The first-order chi connectivity index (χ1) is 7.67. The summed E-state index contributed by atoms with van der Waals surface area (Å²) in [5.74, 6) is -1.14. The van der Waals surface area contributed by atoms with Gasteiger partial charge in [0.15, 0.2) is 0 Å². The third-order valence-corrected chi connectivity index (χ3v) is 2.30. The molecule has 16 heavy (non-hydrogen) atoms. The summed E-state index contributed by atoms with van der Waals surface area (Å²) in [5.41, 5.74) is 0. The van der Waals surface area contributed by atoms with E-state index in [0.29, 0.717) is 13.1 Å². The summed E-state index contributed by atoms with van der Waals surface area (Å²) in [6.45, 7) is 4.90. The first kappa shape index (κ1) is 14.9. The Bertz CT molecular complexity index is 219. The summed E-state index contributed by atoms with van der Waals surface area (Å²) in [7, 11) is 0. The van der Waals surface area contributed by atoms with Crippen molar-refractivity contribution in [1.29, 1.82) is 0 Å². The fourth-order valence-electron chi connectivity index (χ4n) is 1.32. The average Bonchev–Trinajstić information content (AvgIpc) is 2.30. The van der Waals surface area contributed by atoms with Gasteiger partial charge in [0.05, 0.1) is 6.61 Å². The van der Waals surface area contributed by atoms with E-state index in [1.165, 1.54) is 4.90 Å². The van der Waals surface area contributed by atoms with Crippen LogP contribution in [0.25, 0.3) is 0 Å². The molecule has 0 aromatic rings. The molecule has 2 amide bonds. The van der Waals surface area contributed by atoms with E-state index >= 15 is 0 Å². The average molecular weight is 230 g/mol. The maximum absolute atomic E-state index is 11.5. The molecule has 0 aliphatic carbocycles. The van der Waals surface area contributed by atoms with Crippen LogP contribution in [-0.4, -0.2) is 48.1 Å². The summed E-state index contributed by atoms with van der Waals surface area (Å²) in [5, 5.41) is 11.3. The number of hydrogen-bond donors (Lipinski definition) is 2. The van der Waals surface area contributed by atoms with E-state index in [4.69, 9.17) is 5.11 Å². The number of aliphatic hydroxyl groups excluding tert-OH is 1. The quantitative estimate of drug-likeness (QED) is 0.482. The standard InChI is InChI=1S/C11H22N2O3/c1-3-5-6-7-12-10(15)11(16)13(4-2)8-9-14/h14H,3-9H2,1-2H3,(H,12,15). The van der Waals surface area contributed by atoms with Crippen LogP contribution in [0.1, 0.15) is 33.1 Å². The van der Waals surface area contributed by atoms with E-state index < -0.39 is 11.8 Å². The molecule has 0 unspecified atom stereocenters. The zero-order valence-corrected chi connectivity index (χ0v) is 10.2. The van der Waals surface area contributed by atoms with Crippen LogP contribution < -0.4 is 5.32 Å². The van der Waals surface area contributed by atoms with Gasteiger partial charge in [-0.1, -0.05) is 19.8 Å². The van der Waals surface area contributed by atoms with Crippen LogP contribution in [0.5, 0.6) is 0 Å². The Kier molecular flexibility index (Phi) is 8.52. The molecule has 0 heterocycles. The number of nitrogens with one attached hydrogen (secondary N) is 1. The first-order valence-electron chi connectivity index (χ1n) is 5.85. The Morgan fingerprint density at radius 3 is 2.44 bits per heavy atom. The molecule has 0 saturated carbocycles. The molecular formula is C11H22N2O3. The van der Waals surface area contributed by atoms with Crippen molar-refractivity contribution in [3.8, 4) is 0 Å². The predicted molar refractivity (Wildman–Crippen MR) is 61.9 cm³/mol. The van der Waals surface area contributed by atoms with Crippen molar-refractivity contribution >= 4 is 11.8 Å². The SMILES string of the molecule is CCCCCNC(=O)C(=O)N(CC)CCO. The summed E-state index contributed by atoms with van der Waals surface area (Å²) < 4.78 is 0. The molecule has 0 rings (SSSR count). The van der Waals surface area contributed by atoms with E-state index in [9.17, 15) is 9.59 Å². The van der Waals surface area contributed by atoms with Crippen LogP contribution in [0.2, 0.25) is 0 Å². The number of amides is 2. The number of nitrogens with zero attached hydrogens (tertiary/aromatic N) is 1. The van der Waals surface area contributed by atoms with Gasteiger partial charge in [0.25, 0.3) is 0 Å². The molecule has 0 radical (unpaired) electrons. The van der Waals surface area contributed by atoms with Crippen LogP contribution in [0.15, 0.2) is 0 Å². The van der Waals surface area contributed by atoms with Crippen LogP contribution in [0, 0.1) is 0 Å². The second kappa shape index (κ2) is 9.15. The molecule has 0 spiro atoms. The lowest BCUT2D eigenvalue weighted by Crippen LogP contribution is -2.44. The number of carbonyl (C=O) groups is 2. The molecule has 0 atom stereocenters. The van der Waals surface area contributed by atoms with Gasteiger partial charge in [-0.15, -0.1) is 0 Å². The molecule has 0 saturated heterocycles. The van der Waals surface area contributed by atoms with E-state index in [-0.39, 0.29) is 13.2 Å². The highest BCUT2D eigenvalue weighted by Gasteiger charge is 2.19. The van der Waals surface area contributed by atoms with E-state index in [1.807, 2.05) is 0 Å². The lowest BCUT2D eigenvalue weighted by molar-refractivity contribution is -0.146. The van der Waals surface area contributed by atoms with Crippen LogP contribution in [-0.2, 0) is 9.59 Å². The lowest BCUT2D eigenvalue weighted by atomic mass is 10.2. The van der Waals surface area contributed by atoms with Gasteiger partial charge in [0, 0.05) is 19.6 Å². The molecule has 0 aromatic heterocycles. The molecule has 0 aliphatic heterocycles. The number of carbonyl (C=O) groups excluding carboxylic acids is 2. The molecule has 2 N–H and O–H groups in total. The number of hydrogen-bond acceptors (Lipinski definition) is 3. The zero-order valence-electron chi connectivity index (χ0n) is 10.2. The maximum atomic E-state index is 11.5. The highest BCUT2D eigenvalue weighted by molar-refractivity contribution is 6.34. The van der Waals surface area contributed by atoms with Gasteiger partial charge in [0.2, 0.25) is 0 Å². The van der Waals surface area contributed by atoms with Gasteiger partial charge in [0.1, 0.15) is 0 Å². The second-order valence-electron chi connectivity index (χ2n) is 3.57. The van der Waals surface area contributed by atoms with Crippen molar-refractivity contribution in [2.75, 3.05) is 26.2 Å². The summed E-state index contributed by atoms with van der Waals surface area (Å²) in [4.78, 5) is 24.3. The minimum absolute atomic E-state index is 0.122. The van der Waals surface area contributed by atoms with Crippen molar-refractivity contribution in [2.45, 2.75) is 33.1 Å². The van der Waals surface area contributed by atoms with E-state index in [1.54, 1.807) is 6.92 Å². The largest absolute Gasteiger partial charge is 0.395 e. The predicted octanol–water partition coefficient (Wildman–Crippen LogP) is 0.134. The van der Waals surface area contributed by atoms with Crippen molar-refractivity contribution in [2.24, 2.45) is 0 Å². The van der Waals surface area contributed by atoms with E-state index in [2.05, 4.69) is 12.2 Å². The Labute approximate surface area is 96.8 Å². The number of rotatable bonds is 7. The van der Waals surface area contributed by atoms with Gasteiger partial charge < -0.3 is 15.3 Å². The first-order valence-corrected chi connectivity index (χ1v) is 5.85. The van der Waals surface area contributed by atoms with Crippen LogP contribution in [0.4, 0.5) is 0 Å². The number of aliphatic hydroxyl groups is 1. The highest BCUT2D eigenvalue weighted by atomic mass is 16.3. The molecule has 94 valence electrons. The van der Waals surface area contributed by atoms with Crippen molar-refractivity contribution < 1.29 is 14.7 Å². The summed E-state index contributed by atoms with van der Waals surface area (Å²) >= 11 is 0. The summed E-state index contributed by atoms with van der Waals surface area (Å²) in [6, 6.07) is 0. The third kappa shape index (κ3) is 5.70. The summed E-state index contributed by atoms with van der Waals surface area (Å²) in [6.07, 6.45) is 3.01. The van der Waals surface area contributed by atoms with Gasteiger partial charge in [-0.3, -0.25) is 9.59 Å². The van der Waals surface area contributed by atoms with Crippen LogP contribution >= 0.6 is 0 Å². The second-order valence-corrected chi connectivity index (χ2v) is 3.57.